The molecule has 1 aliphatic heterocycles. The third kappa shape index (κ3) is 6.06. The Hall–Kier alpha value is -2.86. The van der Waals surface area contributed by atoms with E-state index < -0.39 is 0 Å². The summed E-state index contributed by atoms with van der Waals surface area (Å²) in [7, 11) is 0. The first kappa shape index (κ1) is 20.9. The van der Waals surface area contributed by atoms with Crippen molar-refractivity contribution in [3.8, 4) is 5.75 Å². The second-order valence-corrected chi connectivity index (χ2v) is 7.46. The quantitative estimate of drug-likeness (QED) is 0.713. The number of benzene rings is 2. The number of carbonyl (C=O) groups excluding carboxylic acids is 2. The number of hydrogen-bond acceptors (Lipinski definition) is 4. The third-order valence-corrected chi connectivity index (χ3v) is 4.82. The van der Waals surface area contributed by atoms with Crippen LogP contribution in [-0.4, -0.2) is 37.7 Å². The van der Waals surface area contributed by atoms with Gasteiger partial charge in [-0.3, -0.25) is 9.59 Å². The molecule has 0 aliphatic carbocycles. The van der Waals surface area contributed by atoms with Gasteiger partial charge in [0.15, 0.2) is 6.61 Å². The standard InChI is InChI=1S/C23H28N2O4/c1-16(2)20-10-3-4-11-21(20)29-15-22(26)25-18-8-5-7-17(13-18)23(27)24-14-19-9-6-12-28-19/h3-5,7-8,10-11,13,16,19H,6,9,12,14-15H2,1-2H3,(H,24,27)(H,25,26). The maximum atomic E-state index is 12.3. The van der Waals surface area contributed by atoms with Gasteiger partial charge in [-0.25, -0.2) is 0 Å². The van der Waals surface area contributed by atoms with Gasteiger partial charge in [0.05, 0.1) is 6.10 Å². The summed E-state index contributed by atoms with van der Waals surface area (Å²) >= 11 is 0. The van der Waals surface area contributed by atoms with Crippen LogP contribution in [0.5, 0.6) is 5.75 Å². The molecule has 2 amide bonds. The van der Waals surface area contributed by atoms with Gasteiger partial charge in [0.25, 0.3) is 11.8 Å². The molecule has 1 heterocycles. The van der Waals surface area contributed by atoms with Gasteiger partial charge in [-0.05, 0) is 48.6 Å². The molecule has 2 aromatic carbocycles. The Kier molecular flexibility index (Phi) is 7.25. The molecule has 1 saturated heterocycles. The SMILES string of the molecule is CC(C)c1ccccc1OCC(=O)Nc1cccc(C(=O)NCC2CCCO2)c1. The Balaban J connectivity index is 1.53. The minimum absolute atomic E-state index is 0.0905. The van der Waals surface area contributed by atoms with Crippen molar-refractivity contribution in [1.82, 2.24) is 5.32 Å². The molecule has 0 bridgehead atoms. The van der Waals surface area contributed by atoms with Gasteiger partial charge in [-0.2, -0.15) is 0 Å². The number of para-hydroxylation sites is 1. The van der Waals surface area contributed by atoms with Gasteiger partial charge < -0.3 is 20.1 Å². The van der Waals surface area contributed by atoms with Crippen molar-refractivity contribution < 1.29 is 19.1 Å². The van der Waals surface area contributed by atoms with Crippen LogP contribution in [0.3, 0.4) is 0 Å². The summed E-state index contributed by atoms with van der Waals surface area (Å²) in [6, 6.07) is 14.6. The number of nitrogens with one attached hydrogen (secondary N) is 2. The van der Waals surface area contributed by atoms with E-state index in [1.807, 2.05) is 24.3 Å². The van der Waals surface area contributed by atoms with E-state index in [4.69, 9.17) is 9.47 Å². The second-order valence-electron chi connectivity index (χ2n) is 7.46. The number of amides is 2. The van der Waals surface area contributed by atoms with Gasteiger partial charge in [0.1, 0.15) is 5.75 Å². The summed E-state index contributed by atoms with van der Waals surface area (Å²) in [5.74, 6) is 0.554. The van der Waals surface area contributed by atoms with Crippen LogP contribution >= 0.6 is 0 Å². The largest absolute Gasteiger partial charge is 0.483 e. The minimum atomic E-state index is -0.277. The van der Waals surface area contributed by atoms with Gasteiger partial charge in [-0.1, -0.05) is 38.1 Å². The van der Waals surface area contributed by atoms with Crippen LogP contribution in [0.2, 0.25) is 0 Å². The Morgan fingerprint density at radius 1 is 1.17 bits per heavy atom. The van der Waals surface area contributed by atoms with Crippen molar-refractivity contribution in [2.75, 3.05) is 25.1 Å². The van der Waals surface area contributed by atoms with Crippen LogP contribution in [0.25, 0.3) is 0 Å². The first-order valence-corrected chi connectivity index (χ1v) is 10.0. The van der Waals surface area contributed by atoms with Crippen molar-refractivity contribution in [3.63, 3.8) is 0 Å². The molecule has 6 heteroatoms. The predicted octanol–water partition coefficient (Wildman–Crippen LogP) is 3.74. The molecule has 3 rings (SSSR count). The lowest BCUT2D eigenvalue weighted by molar-refractivity contribution is -0.118. The van der Waals surface area contributed by atoms with E-state index in [9.17, 15) is 9.59 Å². The molecule has 154 valence electrons. The smallest absolute Gasteiger partial charge is 0.262 e. The highest BCUT2D eigenvalue weighted by atomic mass is 16.5. The van der Waals surface area contributed by atoms with Gasteiger partial charge in [0.2, 0.25) is 0 Å². The van der Waals surface area contributed by atoms with E-state index in [0.29, 0.717) is 29.5 Å². The molecular weight excluding hydrogens is 368 g/mol. The van der Waals surface area contributed by atoms with E-state index in [0.717, 1.165) is 25.0 Å². The van der Waals surface area contributed by atoms with Crippen LogP contribution in [0.4, 0.5) is 5.69 Å². The summed E-state index contributed by atoms with van der Waals surface area (Å²) in [6.07, 6.45) is 2.09. The van der Waals surface area contributed by atoms with E-state index >= 15 is 0 Å². The number of carbonyl (C=O) groups is 2. The zero-order valence-electron chi connectivity index (χ0n) is 16.9. The Bertz CT molecular complexity index is 844. The van der Waals surface area contributed by atoms with Crippen molar-refractivity contribution >= 4 is 17.5 Å². The average Bonchev–Trinajstić information content (AvgIpc) is 3.24. The maximum Gasteiger partial charge on any atom is 0.262 e. The zero-order chi connectivity index (χ0) is 20.6. The Morgan fingerprint density at radius 3 is 2.76 bits per heavy atom. The molecule has 29 heavy (non-hydrogen) atoms. The highest BCUT2D eigenvalue weighted by molar-refractivity contribution is 5.97. The third-order valence-electron chi connectivity index (χ3n) is 4.82. The lowest BCUT2D eigenvalue weighted by Gasteiger charge is -2.14. The van der Waals surface area contributed by atoms with Gasteiger partial charge in [0, 0.05) is 24.4 Å². The molecule has 6 nitrogen and oxygen atoms in total. The summed E-state index contributed by atoms with van der Waals surface area (Å²) < 4.78 is 11.2. The average molecular weight is 396 g/mol. The number of anilines is 1. The van der Waals surface area contributed by atoms with Gasteiger partial charge in [-0.15, -0.1) is 0 Å². The second kappa shape index (κ2) is 10.1. The highest BCUT2D eigenvalue weighted by Crippen LogP contribution is 2.25. The highest BCUT2D eigenvalue weighted by Gasteiger charge is 2.17. The molecule has 0 radical (unpaired) electrons. The molecule has 0 spiro atoms. The lowest BCUT2D eigenvalue weighted by Crippen LogP contribution is -2.31. The molecule has 2 N–H and O–H groups in total. The van der Waals surface area contributed by atoms with E-state index in [2.05, 4.69) is 24.5 Å². The Labute approximate surface area is 171 Å². The summed E-state index contributed by atoms with van der Waals surface area (Å²) in [4.78, 5) is 24.6. The topological polar surface area (TPSA) is 76.7 Å². The Morgan fingerprint density at radius 2 is 2.00 bits per heavy atom. The molecule has 1 fully saturated rings. The number of rotatable bonds is 8. The fourth-order valence-electron chi connectivity index (χ4n) is 3.28. The summed E-state index contributed by atoms with van der Waals surface area (Å²) in [6.45, 7) is 5.32. The van der Waals surface area contributed by atoms with E-state index in [-0.39, 0.29) is 24.5 Å². The summed E-state index contributed by atoms with van der Waals surface area (Å²) in [5.41, 5.74) is 2.11. The van der Waals surface area contributed by atoms with Crippen LogP contribution in [-0.2, 0) is 9.53 Å². The van der Waals surface area contributed by atoms with Crippen LogP contribution in [0.15, 0.2) is 48.5 Å². The van der Waals surface area contributed by atoms with Crippen molar-refractivity contribution in [3.05, 3.63) is 59.7 Å². The van der Waals surface area contributed by atoms with Crippen LogP contribution in [0, 0.1) is 0 Å². The monoisotopic (exact) mass is 396 g/mol. The van der Waals surface area contributed by atoms with E-state index in [1.165, 1.54) is 0 Å². The molecule has 1 aliphatic rings. The molecule has 0 aromatic heterocycles. The first-order valence-electron chi connectivity index (χ1n) is 10.0. The number of ether oxygens (including phenoxy) is 2. The fraction of sp³-hybridized carbons (Fsp3) is 0.391. The molecule has 1 atom stereocenters. The fourth-order valence-corrected chi connectivity index (χ4v) is 3.28. The minimum Gasteiger partial charge on any atom is -0.483 e. The number of hydrogen-bond donors (Lipinski definition) is 2. The van der Waals surface area contributed by atoms with Crippen molar-refractivity contribution in [1.29, 1.82) is 0 Å². The van der Waals surface area contributed by atoms with Crippen molar-refractivity contribution in [2.45, 2.75) is 38.7 Å². The molecule has 1 unspecified atom stereocenters. The van der Waals surface area contributed by atoms with Crippen molar-refractivity contribution in [2.24, 2.45) is 0 Å². The maximum absolute atomic E-state index is 12.3. The first-order chi connectivity index (χ1) is 14.0. The zero-order valence-corrected chi connectivity index (χ0v) is 16.9. The van der Waals surface area contributed by atoms with Crippen LogP contribution in [0.1, 0.15) is 48.5 Å². The molecule has 0 saturated carbocycles. The molecule has 2 aromatic rings. The normalized spacial score (nSPS) is 15.9. The predicted molar refractivity (Wildman–Crippen MR) is 112 cm³/mol. The van der Waals surface area contributed by atoms with Crippen LogP contribution < -0.4 is 15.4 Å². The van der Waals surface area contributed by atoms with Gasteiger partial charge >= 0.3 is 0 Å². The molecular formula is C23H28N2O4. The lowest BCUT2D eigenvalue weighted by atomic mass is 10.0. The van der Waals surface area contributed by atoms with E-state index in [1.54, 1.807) is 24.3 Å². The summed E-state index contributed by atoms with van der Waals surface area (Å²) in [5, 5.41) is 5.67.